The number of nitrogens with one attached hydrogen (secondary N) is 2. The van der Waals surface area contributed by atoms with Crippen molar-refractivity contribution in [2.45, 2.75) is 19.4 Å². The number of anilines is 1. The molecular formula is C16H16N2O2. The van der Waals surface area contributed by atoms with E-state index in [1.54, 1.807) is 11.5 Å². The number of rotatable bonds is 2. The van der Waals surface area contributed by atoms with Crippen molar-refractivity contribution in [2.24, 2.45) is 0 Å². The van der Waals surface area contributed by atoms with Crippen LogP contribution in [0.5, 0.6) is 0 Å². The number of carbonyl (C=O) groups is 1. The third kappa shape index (κ3) is 2.14. The molecule has 4 heteroatoms. The fourth-order valence-electron chi connectivity index (χ4n) is 2.64. The van der Waals surface area contributed by atoms with Crippen LogP contribution in [0.4, 0.5) is 5.69 Å². The van der Waals surface area contributed by atoms with Crippen molar-refractivity contribution in [1.29, 1.82) is 0 Å². The largest absolute Gasteiger partial charge is 0.377 e. The van der Waals surface area contributed by atoms with E-state index in [0.29, 0.717) is 5.56 Å². The van der Waals surface area contributed by atoms with E-state index in [0.717, 1.165) is 17.7 Å². The Kier molecular flexibility index (Phi) is 3.16. The second kappa shape index (κ2) is 4.98. The van der Waals surface area contributed by atoms with E-state index < -0.39 is 5.91 Å². The van der Waals surface area contributed by atoms with Crippen molar-refractivity contribution < 1.29 is 10.0 Å². The van der Waals surface area contributed by atoms with Gasteiger partial charge in [0.05, 0.1) is 17.3 Å². The van der Waals surface area contributed by atoms with Gasteiger partial charge in [-0.2, -0.15) is 0 Å². The SMILES string of the molecule is Cc1ccc(C2Cc3cccc(C(=O)NO)c3N2)cc1. The maximum atomic E-state index is 11.7. The normalized spacial score (nSPS) is 16.4. The van der Waals surface area contributed by atoms with Gasteiger partial charge >= 0.3 is 0 Å². The van der Waals surface area contributed by atoms with Crippen molar-refractivity contribution in [3.63, 3.8) is 0 Å². The van der Waals surface area contributed by atoms with Gasteiger partial charge in [-0.3, -0.25) is 10.0 Å². The standard InChI is InChI=1S/C16H16N2O2/c1-10-5-7-11(8-6-10)14-9-12-3-2-4-13(15(12)17-14)16(19)18-20/h2-8,14,17,20H,9H2,1H3,(H,18,19). The Hall–Kier alpha value is -2.33. The molecule has 0 saturated carbocycles. The van der Waals surface area contributed by atoms with E-state index in [9.17, 15) is 4.79 Å². The van der Waals surface area contributed by atoms with Gasteiger partial charge in [-0.1, -0.05) is 42.0 Å². The van der Waals surface area contributed by atoms with E-state index in [-0.39, 0.29) is 6.04 Å². The molecule has 0 radical (unpaired) electrons. The van der Waals surface area contributed by atoms with Crippen molar-refractivity contribution in [1.82, 2.24) is 5.48 Å². The first-order chi connectivity index (χ1) is 9.69. The lowest BCUT2D eigenvalue weighted by molar-refractivity contribution is 0.0707. The second-order valence-corrected chi connectivity index (χ2v) is 5.09. The van der Waals surface area contributed by atoms with Gasteiger partial charge in [0.15, 0.2) is 0 Å². The van der Waals surface area contributed by atoms with Crippen LogP contribution >= 0.6 is 0 Å². The summed E-state index contributed by atoms with van der Waals surface area (Å²) >= 11 is 0. The van der Waals surface area contributed by atoms with E-state index >= 15 is 0 Å². The van der Waals surface area contributed by atoms with E-state index in [1.807, 2.05) is 12.1 Å². The zero-order chi connectivity index (χ0) is 14.1. The Morgan fingerprint density at radius 3 is 2.70 bits per heavy atom. The van der Waals surface area contributed by atoms with Crippen LogP contribution < -0.4 is 10.8 Å². The molecule has 20 heavy (non-hydrogen) atoms. The second-order valence-electron chi connectivity index (χ2n) is 5.09. The highest BCUT2D eigenvalue weighted by molar-refractivity contribution is 6.00. The molecule has 0 fully saturated rings. The summed E-state index contributed by atoms with van der Waals surface area (Å²) in [5.41, 5.74) is 6.49. The smallest absolute Gasteiger partial charge is 0.276 e. The summed E-state index contributed by atoms with van der Waals surface area (Å²) in [6, 6.07) is 14.1. The number of carbonyl (C=O) groups excluding carboxylic acids is 1. The van der Waals surface area contributed by atoms with Crippen molar-refractivity contribution in [2.75, 3.05) is 5.32 Å². The summed E-state index contributed by atoms with van der Waals surface area (Å²) in [4.78, 5) is 11.7. The van der Waals surface area contributed by atoms with Crippen LogP contribution in [0.2, 0.25) is 0 Å². The molecule has 2 aromatic rings. The molecule has 3 N–H and O–H groups in total. The molecule has 0 aliphatic carbocycles. The zero-order valence-electron chi connectivity index (χ0n) is 11.2. The number of aryl methyl sites for hydroxylation is 1. The highest BCUT2D eigenvalue weighted by atomic mass is 16.5. The van der Waals surface area contributed by atoms with E-state index in [2.05, 4.69) is 36.5 Å². The van der Waals surface area contributed by atoms with Gasteiger partial charge in [0.25, 0.3) is 5.91 Å². The maximum Gasteiger partial charge on any atom is 0.276 e. The molecule has 1 heterocycles. The van der Waals surface area contributed by atoms with Gasteiger partial charge in [-0.05, 0) is 30.5 Å². The van der Waals surface area contributed by atoms with Crippen molar-refractivity contribution >= 4 is 11.6 Å². The zero-order valence-corrected chi connectivity index (χ0v) is 11.2. The minimum Gasteiger partial charge on any atom is -0.377 e. The quantitative estimate of drug-likeness (QED) is 0.580. The molecule has 0 aromatic heterocycles. The van der Waals surface area contributed by atoms with Crippen LogP contribution in [-0.2, 0) is 6.42 Å². The summed E-state index contributed by atoms with van der Waals surface area (Å²) < 4.78 is 0. The van der Waals surface area contributed by atoms with Gasteiger partial charge < -0.3 is 5.32 Å². The van der Waals surface area contributed by atoms with E-state index in [4.69, 9.17) is 5.21 Å². The molecule has 1 aliphatic heterocycles. The first-order valence-electron chi connectivity index (χ1n) is 6.58. The van der Waals surface area contributed by atoms with Gasteiger partial charge in [-0.15, -0.1) is 0 Å². The summed E-state index contributed by atoms with van der Waals surface area (Å²) in [6.45, 7) is 2.06. The van der Waals surface area contributed by atoms with Crippen LogP contribution in [0.1, 0.15) is 33.1 Å². The molecule has 1 aliphatic rings. The third-order valence-corrected chi connectivity index (χ3v) is 3.72. The maximum absolute atomic E-state index is 11.7. The summed E-state index contributed by atoms with van der Waals surface area (Å²) in [5.74, 6) is -0.487. The highest BCUT2D eigenvalue weighted by Gasteiger charge is 2.25. The Morgan fingerprint density at radius 1 is 1.25 bits per heavy atom. The van der Waals surface area contributed by atoms with Crippen LogP contribution in [-0.4, -0.2) is 11.1 Å². The molecule has 0 saturated heterocycles. The average Bonchev–Trinajstić information content (AvgIpc) is 2.91. The molecule has 4 nitrogen and oxygen atoms in total. The van der Waals surface area contributed by atoms with Crippen molar-refractivity contribution in [3.8, 4) is 0 Å². The molecule has 0 bridgehead atoms. The van der Waals surface area contributed by atoms with Gasteiger partial charge in [-0.25, -0.2) is 5.48 Å². The minimum absolute atomic E-state index is 0.165. The Morgan fingerprint density at radius 2 is 2.00 bits per heavy atom. The highest BCUT2D eigenvalue weighted by Crippen LogP contribution is 2.36. The van der Waals surface area contributed by atoms with Gasteiger partial charge in [0.2, 0.25) is 0 Å². The Labute approximate surface area is 117 Å². The van der Waals surface area contributed by atoms with Crippen LogP contribution in [0.15, 0.2) is 42.5 Å². The van der Waals surface area contributed by atoms with E-state index in [1.165, 1.54) is 11.1 Å². The number of hydroxylamine groups is 1. The topological polar surface area (TPSA) is 61.4 Å². The molecule has 102 valence electrons. The summed E-state index contributed by atoms with van der Waals surface area (Å²) in [7, 11) is 0. The van der Waals surface area contributed by atoms with Crippen LogP contribution in [0.3, 0.4) is 0 Å². The average molecular weight is 268 g/mol. The number of hydrogen-bond donors (Lipinski definition) is 3. The number of hydrogen-bond acceptors (Lipinski definition) is 3. The summed E-state index contributed by atoms with van der Waals surface area (Å²) in [6.07, 6.45) is 0.838. The molecule has 1 unspecified atom stereocenters. The molecule has 1 amide bonds. The number of fused-ring (bicyclic) bond motifs is 1. The number of amides is 1. The van der Waals surface area contributed by atoms with Gasteiger partial charge in [0.1, 0.15) is 0 Å². The lowest BCUT2D eigenvalue weighted by atomic mass is 10.0. The first kappa shape index (κ1) is 12.7. The Bertz CT molecular complexity index is 650. The Balaban J connectivity index is 1.92. The third-order valence-electron chi connectivity index (χ3n) is 3.72. The predicted molar refractivity (Wildman–Crippen MR) is 76.9 cm³/mol. The molecule has 0 spiro atoms. The molecular weight excluding hydrogens is 252 g/mol. The minimum atomic E-state index is -0.487. The van der Waals surface area contributed by atoms with Crippen LogP contribution in [0, 0.1) is 6.92 Å². The number of para-hydroxylation sites is 1. The monoisotopic (exact) mass is 268 g/mol. The first-order valence-corrected chi connectivity index (χ1v) is 6.58. The lowest BCUT2D eigenvalue weighted by Crippen LogP contribution is -2.20. The van der Waals surface area contributed by atoms with Gasteiger partial charge in [0, 0.05) is 0 Å². The van der Waals surface area contributed by atoms with Crippen molar-refractivity contribution in [3.05, 3.63) is 64.7 Å². The fraction of sp³-hybridized carbons (Fsp3) is 0.188. The fourth-order valence-corrected chi connectivity index (χ4v) is 2.64. The summed E-state index contributed by atoms with van der Waals surface area (Å²) in [5, 5.41) is 12.2. The predicted octanol–water partition coefficient (Wildman–Crippen LogP) is 2.82. The molecule has 2 aromatic carbocycles. The molecule has 1 atom stereocenters. The molecule has 3 rings (SSSR count). The lowest BCUT2D eigenvalue weighted by Gasteiger charge is -2.13. The number of benzene rings is 2. The van der Waals surface area contributed by atoms with Crippen LogP contribution in [0.25, 0.3) is 0 Å².